The second-order valence-corrected chi connectivity index (χ2v) is 5.48. The average molecular weight is 316 g/mol. The Morgan fingerprint density at radius 1 is 0.917 bits per heavy atom. The van der Waals surface area contributed by atoms with Crippen molar-refractivity contribution in [2.75, 3.05) is 0 Å². The summed E-state index contributed by atoms with van der Waals surface area (Å²) in [6.45, 7) is 1.66. The van der Waals surface area contributed by atoms with Gasteiger partial charge in [0.1, 0.15) is 5.92 Å². The first-order valence-electron chi connectivity index (χ1n) is 7.65. The zero-order valence-electron chi connectivity index (χ0n) is 13.2. The van der Waals surface area contributed by atoms with Crippen LogP contribution in [0.3, 0.4) is 0 Å². The topological polar surface area (TPSA) is 58.9 Å². The van der Waals surface area contributed by atoms with E-state index in [1.807, 2.05) is 36.4 Å². The van der Waals surface area contributed by atoms with E-state index in [2.05, 4.69) is 10.2 Å². The lowest BCUT2D eigenvalue weighted by atomic mass is 9.99. The maximum Gasteiger partial charge on any atom is 0.180 e. The highest BCUT2D eigenvalue weighted by Crippen LogP contribution is 2.27. The van der Waals surface area contributed by atoms with E-state index in [9.17, 15) is 9.59 Å². The lowest BCUT2D eigenvalue weighted by molar-refractivity contribution is 0.0883. The number of hydrogen-bond acceptors (Lipinski definition) is 4. The molecule has 0 atom stereocenters. The first kappa shape index (κ1) is 15.7. The molecular weight excluding hydrogens is 300 g/mol. The first-order valence-corrected chi connectivity index (χ1v) is 7.65. The third-order valence-electron chi connectivity index (χ3n) is 3.86. The Kier molecular flexibility index (Phi) is 4.57. The minimum atomic E-state index is -0.849. The molecule has 0 unspecified atom stereocenters. The van der Waals surface area contributed by atoms with Crippen molar-refractivity contribution in [3.05, 3.63) is 77.4 Å². The Morgan fingerprint density at radius 3 is 2.12 bits per heavy atom. The van der Waals surface area contributed by atoms with Gasteiger partial charge in [-0.3, -0.25) is 9.59 Å². The average Bonchev–Trinajstić information content (AvgIpc) is 2.87. The number of carbonyl (C=O) groups excluding carboxylic acids is 2. The molecule has 118 valence electrons. The summed E-state index contributed by atoms with van der Waals surface area (Å²) in [6, 6.07) is 16.7. The Morgan fingerprint density at radius 2 is 1.50 bits per heavy atom. The number of benzene rings is 2. The standard InChI is InChI=1S/C20H16N2O2/c1-14(22-21-13-7-10-15-8-3-2-4-9-15)18-19(23)16-11-5-6-12-17(16)20(18)24/h2-13,18H,1H3/b10-7+,21-13-,22-14-. The third-order valence-corrected chi connectivity index (χ3v) is 3.86. The van der Waals surface area contributed by atoms with Crippen LogP contribution in [0.2, 0.25) is 0 Å². The quantitative estimate of drug-likeness (QED) is 0.489. The molecule has 2 aromatic rings. The SMILES string of the molecule is C/C(=N/N=C\C=C\c1ccccc1)C1C(=O)c2ccccc2C1=O. The first-order chi connectivity index (χ1) is 11.7. The van der Waals surface area contributed by atoms with Crippen LogP contribution in [0.1, 0.15) is 33.2 Å². The summed E-state index contributed by atoms with van der Waals surface area (Å²) in [5.74, 6) is -1.25. The molecule has 4 heteroatoms. The highest BCUT2D eigenvalue weighted by Gasteiger charge is 2.40. The highest BCUT2D eigenvalue weighted by molar-refractivity contribution is 6.36. The van der Waals surface area contributed by atoms with E-state index in [-0.39, 0.29) is 11.6 Å². The van der Waals surface area contributed by atoms with Gasteiger partial charge in [-0.05, 0) is 18.6 Å². The summed E-state index contributed by atoms with van der Waals surface area (Å²) in [7, 11) is 0. The van der Waals surface area contributed by atoms with E-state index in [4.69, 9.17) is 0 Å². The maximum absolute atomic E-state index is 12.4. The highest BCUT2D eigenvalue weighted by atomic mass is 16.2. The minimum Gasteiger partial charge on any atom is -0.293 e. The lowest BCUT2D eigenvalue weighted by Crippen LogP contribution is -2.23. The second kappa shape index (κ2) is 6.96. The molecule has 0 bridgehead atoms. The molecule has 4 nitrogen and oxygen atoms in total. The van der Waals surface area contributed by atoms with Crippen LogP contribution in [-0.2, 0) is 0 Å². The number of ketones is 2. The van der Waals surface area contributed by atoms with E-state index in [1.54, 1.807) is 37.3 Å². The van der Waals surface area contributed by atoms with Crippen LogP contribution in [-0.4, -0.2) is 23.5 Å². The van der Waals surface area contributed by atoms with E-state index < -0.39 is 5.92 Å². The molecule has 3 rings (SSSR count). The molecule has 2 aromatic carbocycles. The van der Waals surface area contributed by atoms with Gasteiger partial charge in [0.05, 0.1) is 5.71 Å². The van der Waals surface area contributed by atoms with Crippen LogP contribution in [0, 0.1) is 5.92 Å². The van der Waals surface area contributed by atoms with Crippen LogP contribution in [0.5, 0.6) is 0 Å². The Labute approximate surface area is 140 Å². The number of rotatable bonds is 4. The lowest BCUT2D eigenvalue weighted by Gasteiger charge is -2.03. The predicted molar refractivity (Wildman–Crippen MR) is 95.7 cm³/mol. The normalized spacial score (nSPS) is 15.6. The molecule has 0 saturated carbocycles. The molecule has 0 heterocycles. The Balaban J connectivity index is 1.71. The molecule has 0 fully saturated rings. The third kappa shape index (κ3) is 3.13. The Bertz CT molecular complexity index is 829. The van der Waals surface area contributed by atoms with Crippen molar-refractivity contribution in [1.29, 1.82) is 0 Å². The van der Waals surface area contributed by atoms with Crippen LogP contribution in [0.4, 0.5) is 0 Å². The van der Waals surface area contributed by atoms with Gasteiger partial charge in [0.25, 0.3) is 0 Å². The summed E-state index contributed by atoms with van der Waals surface area (Å²) in [5.41, 5.74) is 2.40. The smallest absolute Gasteiger partial charge is 0.180 e. The molecule has 0 saturated heterocycles. The van der Waals surface area contributed by atoms with Crippen molar-refractivity contribution in [3.63, 3.8) is 0 Å². The van der Waals surface area contributed by atoms with E-state index >= 15 is 0 Å². The van der Waals surface area contributed by atoms with Gasteiger partial charge >= 0.3 is 0 Å². The van der Waals surface area contributed by atoms with Crippen LogP contribution in [0.25, 0.3) is 6.08 Å². The number of nitrogens with zero attached hydrogens (tertiary/aromatic N) is 2. The van der Waals surface area contributed by atoms with Crippen molar-refractivity contribution < 1.29 is 9.59 Å². The largest absolute Gasteiger partial charge is 0.293 e. The number of carbonyl (C=O) groups is 2. The van der Waals surface area contributed by atoms with Crippen molar-refractivity contribution in [3.8, 4) is 0 Å². The molecule has 0 aliphatic heterocycles. The summed E-state index contributed by atoms with van der Waals surface area (Å²) < 4.78 is 0. The number of hydrogen-bond donors (Lipinski definition) is 0. The fourth-order valence-electron chi connectivity index (χ4n) is 2.66. The summed E-state index contributed by atoms with van der Waals surface area (Å²) in [4.78, 5) is 24.7. The predicted octanol–water partition coefficient (Wildman–Crippen LogP) is 3.84. The number of fused-ring (bicyclic) bond motifs is 1. The van der Waals surface area contributed by atoms with Gasteiger partial charge in [0.15, 0.2) is 11.6 Å². The summed E-state index contributed by atoms with van der Waals surface area (Å²) >= 11 is 0. The minimum absolute atomic E-state index is 0.202. The molecule has 0 spiro atoms. The second-order valence-electron chi connectivity index (χ2n) is 5.48. The van der Waals surface area contributed by atoms with E-state index in [0.29, 0.717) is 16.8 Å². The molecular formula is C20H16N2O2. The van der Waals surface area contributed by atoms with Gasteiger partial charge in [0.2, 0.25) is 0 Å². The van der Waals surface area contributed by atoms with Gasteiger partial charge in [-0.2, -0.15) is 10.2 Å². The van der Waals surface area contributed by atoms with Gasteiger partial charge in [-0.15, -0.1) is 0 Å². The summed E-state index contributed by atoms with van der Waals surface area (Å²) in [5, 5.41) is 7.95. The molecule has 0 N–H and O–H groups in total. The number of Topliss-reactive ketones (excluding diaryl/α,β-unsaturated/α-hetero) is 2. The summed E-state index contributed by atoms with van der Waals surface area (Å²) in [6.07, 6.45) is 5.20. The van der Waals surface area contributed by atoms with Crippen LogP contribution in [0.15, 0.2) is 70.9 Å². The molecule has 1 aliphatic rings. The van der Waals surface area contributed by atoms with Gasteiger partial charge in [0, 0.05) is 17.3 Å². The molecule has 0 aromatic heterocycles. The van der Waals surface area contributed by atoms with Crippen molar-refractivity contribution in [2.45, 2.75) is 6.92 Å². The van der Waals surface area contributed by atoms with Crippen molar-refractivity contribution in [1.82, 2.24) is 0 Å². The molecule has 0 radical (unpaired) electrons. The molecule has 1 aliphatic carbocycles. The van der Waals surface area contributed by atoms with Gasteiger partial charge in [-0.1, -0.05) is 60.7 Å². The van der Waals surface area contributed by atoms with E-state index in [0.717, 1.165) is 5.56 Å². The van der Waals surface area contributed by atoms with Gasteiger partial charge in [-0.25, -0.2) is 0 Å². The van der Waals surface area contributed by atoms with Gasteiger partial charge < -0.3 is 0 Å². The molecule has 24 heavy (non-hydrogen) atoms. The maximum atomic E-state index is 12.4. The van der Waals surface area contributed by atoms with Crippen LogP contribution < -0.4 is 0 Å². The zero-order chi connectivity index (χ0) is 16.9. The van der Waals surface area contributed by atoms with Crippen LogP contribution >= 0.6 is 0 Å². The van der Waals surface area contributed by atoms with Crippen molar-refractivity contribution >= 4 is 29.6 Å². The number of allylic oxidation sites excluding steroid dienone is 1. The fourth-order valence-corrected chi connectivity index (χ4v) is 2.66. The monoisotopic (exact) mass is 316 g/mol. The molecule has 0 amide bonds. The zero-order valence-corrected chi connectivity index (χ0v) is 13.2. The Hall–Kier alpha value is -3.14. The van der Waals surface area contributed by atoms with Crippen molar-refractivity contribution in [2.24, 2.45) is 16.1 Å². The van der Waals surface area contributed by atoms with E-state index in [1.165, 1.54) is 6.21 Å². The fraction of sp³-hybridized carbons (Fsp3) is 0.100.